The van der Waals surface area contributed by atoms with Gasteiger partial charge in [0.05, 0.1) is 0 Å². The van der Waals surface area contributed by atoms with Crippen LogP contribution >= 0.6 is 0 Å². The van der Waals surface area contributed by atoms with Crippen LogP contribution in [0.15, 0.2) is 18.2 Å². The molecule has 0 N–H and O–H groups in total. The van der Waals surface area contributed by atoms with Crippen molar-refractivity contribution in [2.45, 2.75) is 53.6 Å². The summed E-state index contributed by atoms with van der Waals surface area (Å²) in [6.07, 6.45) is 0. The molecule has 0 fully saturated rings. The largest absolute Gasteiger partial charge is 0.297 e. The Kier molecular flexibility index (Phi) is 4.37. The summed E-state index contributed by atoms with van der Waals surface area (Å²) in [4.78, 5) is 2.45. The summed E-state index contributed by atoms with van der Waals surface area (Å²) in [7, 11) is 2.22. The van der Waals surface area contributed by atoms with Crippen LogP contribution in [-0.4, -0.2) is 17.5 Å². The number of aryl methyl sites for hydroxylation is 2. The Bertz CT molecular complexity index is 377. The number of nitrogens with zero attached hydrogens (tertiary/aromatic N) is 1. The summed E-state index contributed by atoms with van der Waals surface area (Å²) in [6.45, 7) is 14.6. The van der Waals surface area contributed by atoms with Crippen molar-refractivity contribution in [2.24, 2.45) is 5.92 Å². The molecule has 0 heterocycles. The maximum atomic E-state index is 2.45. The van der Waals surface area contributed by atoms with Crippen LogP contribution < -0.4 is 0 Å². The van der Waals surface area contributed by atoms with Gasteiger partial charge in [-0.1, -0.05) is 37.6 Å². The molecular weight excluding hydrogens is 206 g/mol. The molecule has 0 aliphatic rings. The minimum atomic E-state index is 0.233. The van der Waals surface area contributed by atoms with E-state index in [1.54, 1.807) is 0 Å². The summed E-state index contributed by atoms with van der Waals surface area (Å²) in [5.74, 6) is 0.651. The van der Waals surface area contributed by atoms with Gasteiger partial charge in [-0.25, -0.2) is 0 Å². The zero-order chi connectivity index (χ0) is 13.2. The molecule has 0 bridgehead atoms. The fraction of sp³-hybridized carbons (Fsp3) is 0.625. The second-order valence-corrected chi connectivity index (χ2v) is 6.09. The molecule has 1 heteroatoms. The van der Waals surface area contributed by atoms with Gasteiger partial charge < -0.3 is 0 Å². The Balaban J connectivity index is 2.84. The van der Waals surface area contributed by atoms with Crippen LogP contribution in [0.4, 0.5) is 0 Å². The molecule has 1 aromatic rings. The molecule has 0 saturated heterocycles. The van der Waals surface area contributed by atoms with Crippen LogP contribution in [0.25, 0.3) is 0 Å². The summed E-state index contributed by atoms with van der Waals surface area (Å²) in [6, 6.07) is 6.74. The van der Waals surface area contributed by atoms with Crippen molar-refractivity contribution in [1.29, 1.82) is 0 Å². The molecule has 0 aromatic heterocycles. The number of hydrogen-bond donors (Lipinski definition) is 0. The zero-order valence-corrected chi connectivity index (χ0v) is 12.5. The molecule has 0 spiro atoms. The van der Waals surface area contributed by atoms with Crippen molar-refractivity contribution in [3.63, 3.8) is 0 Å². The quantitative estimate of drug-likeness (QED) is 0.754. The zero-order valence-electron chi connectivity index (χ0n) is 12.5. The van der Waals surface area contributed by atoms with E-state index in [0.717, 1.165) is 6.54 Å². The summed E-state index contributed by atoms with van der Waals surface area (Å²) < 4.78 is 0. The molecule has 0 amide bonds. The van der Waals surface area contributed by atoms with E-state index in [9.17, 15) is 0 Å². The van der Waals surface area contributed by atoms with Gasteiger partial charge in [0.25, 0.3) is 0 Å². The number of hydrogen-bond acceptors (Lipinski definition) is 1. The smallest absolute Gasteiger partial charge is 0.0238 e. The van der Waals surface area contributed by atoms with Crippen LogP contribution in [-0.2, 0) is 6.54 Å². The molecule has 0 radical (unpaired) electrons. The van der Waals surface area contributed by atoms with Gasteiger partial charge in [0.15, 0.2) is 0 Å². The molecule has 1 aromatic carbocycles. The normalized spacial score (nSPS) is 12.5. The first kappa shape index (κ1) is 14.2. The highest BCUT2D eigenvalue weighted by molar-refractivity contribution is 5.30. The number of rotatable bonds is 4. The monoisotopic (exact) mass is 233 g/mol. The first-order valence-corrected chi connectivity index (χ1v) is 6.52. The lowest BCUT2D eigenvalue weighted by atomic mass is 9.88. The Morgan fingerprint density at radius 3 is 2.24 bits per heavy atom. The molecular formula is C16H27N. The minimum Gasteiger partial charge on any atom is -0.297 e. The highest BCUT2D eigenvalue weighted by atomic mass is 15.2. The number of benzene rings is 1. The van der Waals surface area contributed by atoms with E-state index in [-0.39, 0.29) is 5.54 Å². The van der Waals surface area contributed by atoms with Crippen molar-refractivity contribution < 1.29 is 0 Å². The van der Waals surface area contributed by atoms with E-state index in [1.807, 2.05) is 0 Å². The average molecular weight is 233 g/mol. The van der Waals surface area contributed by atoms with Crippen molar-refractivity contribution in [3.8, 4) is 0 Å². The first-order chi connectivity index (χ1) is 7.75. The van der Waals surface area contributed by atoms with Crippen LogP contribution in [0, 0.1) is 19.8 Å². The summed E-state index contributed by atoms with van der Waals surface area (Å²) >= 11 is 0. The van der Waals surface area contributed by atoms with Gasteiger partial charge in [-0.2, -0.15) is 0 Å². The van der Waals surface area contributed by atoms with Crippen molar-refractivity contribution in [3.05, 3.63) is 34.9 Å². The highest BCUT2D eigenvalue weighted by Crippen LogP contribution is 2.25. The molecule has 0 unspecified atom stereocenters. The maximum Gasteiger partial charge on any atom is 0.0238 e. The average Bonchev–Trinajstić information content (AvgIpc) is 2.21. The molecule has 17 heavy (non-hydrogen) atoms. The van der Waals surface area contributed by atoms with E-state index in [1.165, 1.54) is 16.7 Å². The Morgan fingerprint density at radius 2 is 1.76 bits per heavy atom. The summed E-state index contributed by atoms with van der Waals surface area (Å²) in [5, 5.41) is 0. The Morgan fingerprint density at radius 1 is 1.18 bits per heavy atom. The molecule has 1 rings (SSSR count). The fourth-order valence-corrected chi connectivity index (χ4v) is 1.92. The standard InChI is InChI=1S/C16H27N/c1-12(2)16(5,6)17(7)11-15-9-8-13(3)10-14(15)4/h8-10,12H,11H2,1-7H3. The lowest BCUT2D eigenvalue weighted by molar-refractivity contribution is 0.0981. The SMILES string of the molecule is Cc1ccc(CN(C)C(C)(C)C(C)C)c(C)c1. The Hall–Kier alpha value is -0.820. The third-order valence-corrected chi connectivity index (χ3v) is 4.30. The van der Waals surface area contributed by atoms with Gasteiger partial charge in [-0.15, -0.1) is 0 Å². The van der Waals surface area contributed by atoms with Crippen molar-refractivity contribution in [1.82, 2.24) is 4.90 Å². The van der Waals surface area contributed by atoms with E-state index >= 15 is 0 Å². The predicted molar refractivity (Wildman–Crippen MR) is 76.3 cm³/mol. The van der Waals surface area contributed by atoms with Crippen LogP contribution in [0.5, 0.6) is 0 Å². The summed E-state index contributed by atoms with van der Waals surface area (Å²) in [5.41, 5.74) is 4.41. The van der Waals surface area contributed by atoms with Gasteiger partial charge in [0.1, 0.15) is 0 Å². The fourth-order valence-electron chi connectivity index (χ4n) is 1.92. The lowest BCUT2D eigenvalue weighted by Gasteiger charge is -2.39. The van der Waals surface area contributed by atoms with Gasteiger partial charge >= 0.3 is 0 Å². The van der Waals surface area contributed by atoms with Gasteiger partial charge in [-0.3, -0.25) is 4.90 Å². The van der Waals surface area contributed by atoms with Crippen LogP contribution in [0.2, 0.25) is 0 Å². The molecule has 1 nitrogen and oxygen atoms in total. The predicted octanol–water partition coefficient (Wildman–Crippen LogP) is 4.17. The van der Waals surface area contributed by atoms with Crippen molar-refractivity contribution in [2.75, 3.05) is 7.05 Å². The van der Waals surface area contributed by atoms with Gasteiger partial charge in [0.2, 0.25) is 0 Å². The van der Waals surface area contributed by atoms with Gasteiger partial charge in [0, 0.05) is 12.1 Å². The van der Waals surface area contributed by atoms with Crippen LogP contribution in [0.3, 0.4) is 0 Å². The molecule has 0 saturated carbocycles. The van der Waals surface area contributed by atoms with Gasteiger partial charge in [-0.05, 0) is 51.8 Å². The lowest BCUT2D eigenvalue weighted by Crippen LogP contribution is -2.44. The van der Waals surface area contributed by atoms with Crippen molar-refractivity contribution >= 4 is 0 Å². The second-order valence-electron chi connectivity index (χ2n) is 6.09. The third kappa shape index (κ3) is 3.32. The van der Waals surface area contributed by atoms with E-state index in [2.05, 4.69) is 71.7 Å². The molecule has 0 aliphatic carbocycles. The van der Waals surface area contributed by atoms with E-state index < -0.39 is 0 Å². The second kappa shape index (κ2) is 5.22. The molecule has 96 valence electrons. The Labute approximate surface area is 107 Å². The maximum absolute atomic E-state index is 2.45. The third-order valence-electron chi connectivity index (χ3n) is 4.30. The minimum absolute atomic E-state index is 0.233. The van der Waals surface area contributed by atoms with E-state index in [0.29, 0.717) is 5.92 Å². The molecule has 0 atom stereocenters. The first-order valence-electron chi connectivity index (χ1n) is 6.52. The highest BCUT2D eigenvalue weighted by Gasteiger charge is 2.27. The van der Waals surface area contributed by atoms with E-state index in [4.69, 9.17) is 0 Å². The molecule has 0 aliphatic heterocycles. The van der Waals surface area contributed by atoms with Crippen LogP contribution in [0.1, 0.15) is 44.4 Å². The topological polar surface area (TPSA) is 3.24 Å².